The van der Waals surface area contributed by atoms with Gasteiger partial charge in [-0.1, -0.05) is 35.9 Å². The van der Waals surface area contributed by atoms with Crippen molar-refractivity contribution in [2.24, 2.45) is 0 Å². The molecule has 0 spiro atoms. The van der Waals surface area contributed by atoms with Crippen LogP contribution in [-0.2, 0) is 0 Å². The van der Waals surface area contributed by atoms with Crippen molar-refractivity contribution >= 4 is 39.6 Å². The Labute approximate surface area is 146 Å². The van der Waals surface area contributed by atoms with Crippen LogP contribution in [0.25, 0.3) is 16.5 Å². The molecule has 24 heavy (non-hydrogen) atoms. The number of fused-ring (bicyclic) bond motifs is 1. The average molecular weight is 336 g/mol. The van der Waals surface area contributed by atoms with Gasteiger partial charge in [-0.2, -0.15) is 0 Å². The predicted molar refractivity (Wildman–Crippen MR) is 101 cm³/mol. The molecular weight excluding hydrogens is 318 g/mol. The molecule has 0 atom stereocenters. The molecule has 0 radical (unpaired) electrons. The van der Waals surface area contributed by atoms with E-state index >= 15 is 0 Å². The first kappa shape index (κ1) is 15.2. The van der Waals surface area contributed by atoms with Crippen LogP contribution in [0.15, 0.2) is 54.6 Å². The van der Waals surface area contributed by atoms with Gasteiger partial charge in [-0.3, -0.25) is 0 Å². The lowest BCUT2D eigenvalue weighted by atomic mass is 9.99. The van der Waals surface area contributed by atoms with E-state index in [0.717, 1.165) is 41.1 Å². The summed E-state index contributed by atoms with van der Waals surface area (Å²) in [6.07, 6.45) is 6.90. The number of nitrogens with one attached hydrogen (secondary N) is 1. The summed E-state index contributed by atoms with van der Waals surface area (Å²) in [4.78, 5) is 9.59. The van der Waals surface area contributed by atoms with Gasteiger partial charge in [-0.15, -0.1) is 0 Å². The molecule has 120 valence electrons. The Morgan fingerprint density at radius 3 is 2.71 bits per heavy atom. The molecular formula is C20H18ClN3. The fourth-order valence-corrected chi connectivity index (χ4v) is 3.25. The number of hydrogen-bond acceptors (Lipinski definition) is 3. The molecule has 1 aliphatic rings. The first-order chi connectivity index (χ1) is 11.8. The molecule has 0 bridgehead atoms. The van der Waals surface area contributed by atoms with Crippen molar-refractivity contribution in [1.29, 1.82) is 0 Å². The minimum absolute atomic E-state index is 0.702. The maximum absolute atomic E-state index is 6.10. The predicted octanol–water partition coefficient (Wildman–Crippen LogP) is 5.98. The van der Waals surface area contributed by atoms with Crippen molar-refractivity contribution in [1.82, 2.24) is 9.97 Å². The molecule has 4 heteroatoms. The first-order valence-corrected chi connectivity index (χ1v) is 8.66. The van der Waals surface area contributed by atoms with E-state index in [-0.39, 0.29) is 0 Å². The summed E-state index contributed by atoms with van der Waals surface area (Å²) in [5.41, 5.74) is 3.13. The number of anilines is 2. The zero-order valence-electron chi connectivity index (χ0n) is 13.3. The van der Waals surface area contributed by atoms with Gasteiger partial charge in [0, 0.05) is 16.1 Å². The van der Waals surface area contributed by atoms with Crippen LogP contribution in [-0.4, -0.2) is 9.97 Å². The van der Waals surface area contributed by atoms with Gasteiger partial charge in [0.25, 0.3) is 0 Å². The quantitative estimate of drug-likeness (QED) is 0.639. The number of para-hydroxylation sites is 1. The fraction of sp³-hybridized carbons (Fsp3) is 0.200. The second kappa shape index (κ2) is 6.62. The summed E-state index contributed by atoms with van der Waals surface area (Å²) in [7, 11) is 0. The van der Waals surface area contributed by atoms with E-state index in [0.29, 0.717) is 5.02 Å². The van der Waals surface area contributed by atoms with Crippen molar-refractivity contribution < 1.29 is 0 Å². The van der Waals surface area contributed by atoms with E-state index in [1.807, 2.05) is 48.5 Å². The van der Waals surface area contributed by atoms with Crippen LogP contribution >= 0.6 is 11.6 Å². The van der Waals surface area contributed by atoms with Crippen LogP contribution < -0.4 is 5.32 Å². The van der Waals surface area contributed by atoms with Gasteiger partial charge in [0.15, 0.2) is 5.82 Å². The molecule has 0 amide bonds. The molecule has 1 aliphatic carbocycles. The lowest BCUT2D eigenvalue weighted by Crippen LogP contribution is -2.03. The summed E-state index contributed by atoms with van der Waals surface area (Å²) >= 11 is 6.10. The van der Waals surface area contributed by atoms with Crippen molar-refractivity contribution in [3.63, 3.8) is 0 Å². The molecule has 3 nitrogen and oxygen atoms in total. The van der Waals surface area contributed by atoms with Gasteiger partial charge in [0.2, 0.25) is 0 Å². The molecule has 0 unspecified atom stereocenters. The van der Waals surface area contributed by atoms with Crippen LogP contribution in [0.5, 0.6) is 0 Å². The van der Waals surface area contributed by atoms with Crippen LogP contribution in [0.2, 0.25) is 5.02 Å². The Morgan fingerprint density at radius 1 is 0.958 bits per heavy atom. The second-order valence-corrected chi connectivity index (χ2v) is 6.46. The van der Waals surface area contributed by atoms with Crippen LogP contribution in [0.1, 0.15) is 31.5 Å². The third-order valence-corrected chi connectivity index (χ3v) is 4.50. The van der Waals surface area contributed by atoms with E-state index in [2.05, 4.69) is 11.4 Å². The molecule has 3 aromatic rings. The molecule has 1 heterocycles. The standard InChI is InChI=1S/C20H18ClN3/c21-15-9-6-10-16(13-15)22-20-17-11-4-5-12-18(17)23-19(24-20)14-7-2-1-3-8-14/h4-7,9-13H,1-3,8H2,(H,22,23,24). The highest BCUT2D eigenvalue weighted by Crippen LogP contribution is 2.30. The number of rotatable bonds is 3. The van der Waals surface area contributed by atoms with Crippen molar-refractivity contribution in [2.75, 3.05) is 5.32 Å². The number of benzene rings is 2. The molecule has 2 aromatic carbocycles. The highest BCUT2D eigenvalue weighted by molar-refractivity contribution is 6.30. The molecule has 4 rings (SSSR count). The van der Waals surface area contributed by atoms with Gasteiger partial charge in [0.1, 0.15) is 5.82 Å². The number of hydrogen-bond donors (Lipinski definition) is 1. The second-order valence-electron chi connectivity index (χ2n) is 6.02. The smallest absolute Gasteiger partial charge is 0.157 e. The van der Waals surface area contributed by atoms with E-state index in [4.69, 9.17) is 21.6 Å². The Hall–Kier alpha value is -2.39. The van der Waals surface area contributed by atoms with Gasteiger partial charge in [-0.25, -0.2) is 9.97 Å². The summed E-state index contributed by atoms with van der Waals surface area (Å²) in [5.74, 6) is 1.65. The lowest BCUT2D eigenvalue weighted by Gasteiger charge is -2.15. The van der Waals surface area contributed by atoms with Gasteiger partial charge in [-0.05, 0) is 61.6 Å². The van der Waals surface area contributed by atoms with Gasteiger partial charge < -0.3 is 5.32 Å². The number of halogens is 1. The highest BCUT2D eigenvalue weighted by atomic mass is 35.5. The SMILES string of the molecule is Clc1cccc(Nc2nc(C3=CCCCC3)nc3ccccc23)c1. The van der Waals surface area contributed by atoms with Crippen LogP contribution in [0.4, 0.5) is 11.5 Å². The molecule has 1 N–H and O–H groups in total. The van der Waals surface area contributed by atoms with E-state index in [1.54, 1.807) is 0 Å². The summed E-state index contributed by atoms with van der Waals surface area (Å²) in [6, 6.07) is 15.8. The minimum atomic E-state index is 0.702. The van der Waals surface area contributed by atoms with E-state index in [9.17, 15) is 0 Å². The Morgan fingerprint density at radius 2 is 1.88 bits per heavy atom. The normalized spacial score (nSPS) is 14.5. The van der Waals surface area contributed by atoms with Crippen LogP contribution in [0.3, 0.4) is 0 Å². The monoisotopic (exact) mass is 335 g/mol. The van der Waals surface area contributed by atoms with Gasteiger partial charge in [0.05, 0.1) is 5.52 Å². The average Bonchev–Trinajstić information content (AvgIpc) is 2.62. The molecule has 1 aromatic heterocycles. The summed E-state index contributed by atoms with van der Waals surface area (Å²) < 4.78 is 0. The highest BCUT2D eigenvalue weighted by Gasteiger charge is 2.13. The Balaban J connectivity index is 1.81. The van der Waals surface area contributed by atoms with Crippen molar-refractivity contribution in [3.8, 4) is 0 Å². The molecule has 0 saturated heterocycles. The first-order valence-electron chi connectivity index (χ1n) is 8.28. The third kappa shape index (κ3) is 3.13. The number of allylic oxidation sites excluding steroid dienone is 2. The zero-order chi connectivity index (χ0) is 16.4. The topological polar surface area (TPSA) is 37.8 Å². The van der Waals surface area contributed by atoms with Crippen LogP contribution in [0, 0.1) is 0 Å². The summed E-state index contributed by atoms with van der Waals surface area (Å²) in [5, 5.41) is 5.12. The molecule has 0 aliphatic heterocycles. The Kier molecular flexibility index (Phi) is 4.18. The summed E-state index contributed by atoms with van der Waals surface area (Å²) in [6.45, 7) is 0. The Bertz CT molecular complexity index is 918. The largest absolute Gasteiger partial charge is 0.340 e. The van der Waals surface area contributed by atoms with Gasteiger partial charge >= 0.3 is 0 Å². The molecule has 0 saturated carbocycles. The fourth-order valence-electron chi connectivity index (χ4n) is 3.06. The number of nitrogens with zero attached hydrogens (tertiary/aromatic N) is 2. The minimum Gasteiger partial charge on any atom is -0.340 e. The van der Waals surface area contributed by atoms with E-state index in [1.165, 1.54) is 18.4 Å². The van der Waals surface area contributed by atoms with Crippen molar-refractivity contribution in [3.05, 3.63) is 65.5 Å². The van der Waals surface area contributed by atoms with E-state index < -0.39 is 0 Å². The molecule has 0 fully saturated rings. The lowest BCUT2D eigenvalue weighted by molar-refractivity contribution is 0.737. The maximum Gasteiger partial charge on any atom is 0.157 e. The third-order valence-electron chi connectivity index (χ3n) is 4.27. The van der Waals surface area contributed by atoms with Crippen molar-refractivity contribution in [2.45, 2.75) is 25.7 Å². The maximum atomic E-state index is 6.10. The zero-order valence-corrected chi connectivity index (χ0v) is 14.1. The number of aromatic nitrogens is 2.